The van der Waals surface area contributed by atoms with Gasteiger partial charge in [0.1, 0.15) is 5.82 Å². The van der Waals surface area contributed by atoms with Crippen LogP contribution in [0.5, 0.6) is 0 Å². The van der Waals surface area contributed by atoms with E-state index in [0.29, 0.717) is 40.8 Å². The van der Waals surface area contributed by atoms with E-state index in [1.54, 1.807) is 47.6 Å². The summed E-state index contributed by atoms with van der Waals surface area (Å²) in [5, 5.41) is 10.6. The summed E-state index contributed by atoms with van der Waals surface area (Å²) in [4.78, 5) is 45.6. The van der Waals surface area contributed by atoms with Crippen LogP contribution in [0.25, 0.3) is 10.8 Å². The Hall–Kier alpha value is -5.47. The first kappa shape index (κ1) is 31.1. The Morgan fingerprint density at radius 3 is 2.35 bits per heavy atom. The van der Waals surface area contributed by atoms with E-state index in [4.69, 9.17) is 0 Å². The van der Waals surface area contributed by atoms with Crippen molar-refractivity contribution in [2.45, 2.75) is 24.4 Å². The Morgan fingerprint density at radius 1 is 0.875 bits per heavy atom. The van der Waals surface area contributed by atoms with Gasteiger partial charge in [0.05, 0.1) is 21.5 Å². The second kappa shape index (κ2) is 12.6. The zero-order valence-electron chi connectivity index (χ0n) is 25.6. The topological polar surface area (TPSA) is 149 Å². The van der Waals surface area contributed by atoms with Gasteiger partial charge in [0, 0.05) is 69.2 Å². The zero-order valence-corrected chi connectivity index (χ0v) is 26.4. The van der Waals surface area contributed by atoms with Crippen molar-refractivity contribution in [1.29, 1.82) is 0 Å². The molecule has 48 heavy (non-hydrogen) atoms. The van der Waals surface area contributed by atoms with E-state index in [2.05, 4.69) is 20.5 Å². The lowest BCUT2D eigenvalue weighted by atomic mass is 10.0. The molecule has 0 bridgehead atoms. The number of urea groups is 1. The Kier molecular flexibility index (Phi) is 8.19. The number of piperazine rings is 1. The average molecular weight is 668 g/mol. The number of fused-ring (bicyclic) bond motifs is 2. The van der Waals surface area contributed by atoms with Gasteiger partial charge in [-0.25, -0.2) is 22.7 Å². The number of aromatic nitrogens is 3. The van der Waals surface area contributed by atoms with Gasteiger partial charge < -0.3 is 15.1 Å². The number of sulfonamides is 1. The molecule has 0 spiro atoms. The molecule has 1 saturated heterocycles. The molecule has 244 valence electrons. The number of hydrogen-bond donors (Lipinski definition) is 2. The van der Waals surface area contributed by atoms with E-state index in [9.17, 15) is 27.2 Å². The maximum atomic E-state index is 14.9. The lowest BCUT2D eigenvalue weighted by molar-refractivity contribution is 0.0693. The second-order valence-electron chi connectivity index (χ2n) is 11.7. The lowest BCUT2D eigenvalue weighted by Gasteiger charge is -2.34. The summed E-state index contributed by atoms with van der Waals surface area (Å²) < 4.78 is 43.1. The van der Waals surface area contributed by atoms with Gasteiger partial charge in [-0.15, -0.1) is 0 Å². The second-order valence-corrected chi connectivity index (χ2v) is 13.6. The van der Waals surface area contributed by atoms with Gasteiger partial charge in [-0.1, -0.05) is 24.3 Å². The van der Waals surface area contributed by atoms with Gasteiger partial charge in [0.25, 0.3) is 11.5 Å². The zero-order chi connectivity index (χ0) is 33.4. The molecular formula is C34H30FN7O5S. The molecule has 12 nitrogen and oxygen atoms in total. The minimum absolute atomic E-state index is 0.0333. The Balaban J connectivity index is 0.978. The molecule has 2 aliphatic heterocycles. The quantitative estimate of drug-likeness (QED) is 0.280. The van der Waals surface area contributed by atoms with Gasteiger partial charge >= 0.3 is 6.03 Å². The molecule has 0 aliphatic carbocycles. The number of nitrogens with one attached hydrogen (secondary N) is 2. The Labute approximate surface area is 274 Å². The number of halogens is 1. The van der Waals surface area contributed by atoms with Crippen LogP contribution >= 0.6 is 0 Å². The van der Waals surface area contributed by atoms with Crippen LogP contribution < -0.4 is 10.9 Å². The molecule has 2 N–H and O–H groups in total. The number of carbonyl (C=O) groups excluding carboxylic acids is 2. The molecule has 0 atom stereocenters. The standard InChI is InChI=1S/C34H30FN7O5S/c35-30-10-5-22(18-31-27-3-1-2-4-28(27)32(43)39-38-31)17-29(30)33(44)40-13-15-42(16-14-40)48(46,47)26-8-6-25(7-9-26)37-34(45)41-20-23-11-12-36-19-24(23)21-41/h1-12,17,19H,13-16,18,20-21H2,(H,37,45)(H,39,43). The summed E-state index contributed by atoms with van der Waals surface area (Å²) in [5.41, 5.74) is 3.27. The van der Waals surface area contributed by atoms with E-state index in [-0.39, 0.29) is 54.6 Å². The minimum Gasteiger partial charge on any atom is -0.336 e. The molecule has 14 heteroatoms. The SMILES string of the molecule is O=C(Nc1ccc(S(=O)(=O)N2CCN(C(=O)c3cc(Cc4n[nH]c(=O)c5ccccc45)ccc3F)CC2)cc1)N1Cc2ccncc2C1. The number of nitrogens with zero attached hydrogens (tertiary/aromatic N) is 5. The minimum atomic E-state index is -3.88. The smallest absolute Gasteiger partial charge is 0.322 e. The molecule has 3 aromatic carbocycles. The van der Waals surface area contributed by atoms with Crippen LogP contribution in [0.4, 0.5) is 14.9 Å². The fraction of sp³-hybridized carbons (Fsp3) is 0.206. The van der Waals surface area contributed by atoms with Gasteiger partial charge in [-0.05, 0) is 65.2 Å². The van der Waals surface area contributed by atoms with Crippen LogP contribution in [0.1, 0.15) is 32.7 Å². The predicted molar refractivity (Wildman–Crippen MR) is 175 cm³/mol. The third kappa shape index (κ3) is 6.02. The fourth-order valence-corrected chi connectivity index (χ4v) is 7.50. The first-order valence-electron chi connectivity index (χ1n) is 15.3. The molecule has 1 fully saturated rings. The fourth-order valence-electron chi connectivity index (χ4n) is 6.07. The lowest BCUT2D eigenvalue weighted by Crippen LogP contribution is -2.50. The van der Waals surface area contributed by atoms with E-state index in [0.717, 1.165) is 11.1 Å². The van der Waals surface area contributed by atoms with E-state index in [1.165, 1.54) is 45.6 Å². The number of H-pyrrole nitrogens is 1. The first-order valence-corrected chi connectivity index (χ1v) is 16.7. The first-order chi connectivity index (χ1) is 23.2. The summed E-state index contributed by atoms with van der Waals surface area (Å²) in [6, 6.07) is 18.8. The molecule has 0 radical (unpaired) electrons. The van der Waals surface area contributed by atoms with Gasteiger partial charge in [-0.2, -0.15) is 9.40 Å². The Morgan fingerprint density at radius 2 is 1.60 bits per heavy atom. The number of anilines is 1. The summed E-state index contributed by atoms with van der Waals surface area (Å²) in [6.45, 7) is 1.14. The van der Waals surface area contributed by atoms with Crippen LogP contribution in [-0.2, 0) is 29.5 Å². The molecule has 3 amide bonds. The number of benzene rings is 3. The number of amides is 3. The highest BCUT2D eigenvalue weighted by molar-refractivity contribution is 7.89. The highest BCUT2D eigenvalue weighted by Gasteiger charge is 2.31. The van der Waals surface area contributed by atoms with Crippen LogP contribution in [0.3, 0.4) is 0 Å². The van der Waals surface area contributed by atoms with Gasteiger partial charge in [0.15, 0.2) is 0 Å². The number of carbonyl (C=O) groups is 2. The third-order valence-corrected chi connectivity index (χ3v) is 10.6. The number of pyridine rings is 1. The van der Waals surface area contributed by atoms with Crippen molar-refractivity contribution in [3.05, 3.63) is 129 Å². The normalized spacial score (nSPS) is 15.0. The molecule has 0 unspecified atom stereocenters. The molecule has 5 aromatic rings. The molecule has 2 aromatic heterocycles. The third-order valence-electron chi connectivity index (χ3n) is 8.69. The molecule has 7 rings (SSSR count). The van der Waals surface area contributed by atoms with E-state index >= 15 is 0 Å². The van der Waals surface area contributed by atoms with Crippen LogP contribution in [0.15, 0.2) is 94.9 Å². The summed E-state index contributed by atoms with van der Waals surface area (Å²) in [6.07, 6.45) is 3.69. The number of hydrogen-bond acceptors (Lipinski definition) is 7. The van der Waals surface area contributed by atoms with Crippen LogP contribution in [0, 0.1) is 5.82 Å². The largest absolute Gasteiger partial charge is 0.336 e. The van der Waals surface area contributed by atoms with Gasteiger partial charge in [0.2, 0.25) is 10.0 Å². The van der Waals surface area contributed by atoms with Crippen molar-refractivity contribution < 1.29 is 22.4 Å². The van der Waals surface area contributed by atoms with Crippen molar-refractivity contribution in [2.24, 2.45) is 0 Å². The monoisotopic (exact) mass is 667 g/mol. The van der Waals surface area contributed by atoms with Crippen LogP contribution in [-0.4, -0.2) is 75.8 Å². The molecule has 2 aliphatic rings. The summed E-state index contributed by atoms with van der Waals surface area (Å²) in [5.74, 6) is -1.22. The maximum absolute atomic E-state index is 14.9. The predicted octanol–water partition coefficient (Wildman–Crippen LogP) is 3.74. The van der Waals surface area contributed by atoms with Gasteiger partial charge in [-0.3, -0.25) is 14.6 Å². The maximum Gasteiger partial charge on any atom is 0.322 e. The van der Waals surface area contributed by atoms with E-state index in [1.807, 2.05) is 6.07 Å². The molecule has 0 saturated carbocycles. The summed E-state index contributed by atoms with van der Waals surface area (Å²) >= 11 is 0. The Bertz CT molecular complexity index is 2190. The van der Waals surface area contributed by atoms with Crippen molar-refractivity contribution >= 4 is 38.4 Å². The van der Waals surface area contributed by atoms with E-state index < -0.39 is 21.7 Å². The van der Waals surface area contributed by atoms with Crippen molar-refractivity contribution in [1.82, 2.24) is 29.3 Å². The number of aromatic amines is 1. The van der Waals surface area contributed by atoms with Crippen molar-refractivity contribution in [2.75, 3.05) is 31.5 Å². The average Bonchev–Trinajstić information content (AvgIpc) is 3.55. The van der Waals surface area contributed by atoms with Crippen molar-refractivity contribution in [3.8, 4) is 0 Å². The molecule has 4 heterocycles. The summed E-state index contributed by atoms with van der Waals surface area (Å²) in [7, 11) is -3.88. The molecular weight excluding hydrogens is 637 g/mol. The van der Waals surface area contributed by atoms with Crippen molar-refractivity contribution in [3.63, 3.8) is 0 Å². The highest BCUT2D eigenvalue weighted by atomic mass is 32.2. The van der Waals surface area contributed by atoms with Crippen LogP contribution in [0.2, 0.25) is 0 Å². The highest BCUT2D eigenvalue weighted by Crippen LogP contribution is 2.25. The number of rotatable bonds is 6.